The Morgan fingerprint density at radius 2 is 2.13 bits per heavy atom. The molecule has 0 bridgehead atoms. The molecular weight excluding hydrogens is 192 g/mol. The Balaban J connectivity index is 2.04. The third kappa shape index (κ3) is 2.37. The Morgan fingerprint density at radius 1 is 1.40 bits per heavy atom. The lowest BCUT2D eigenvalue weighted by molar-refractivity contribution is -0.324. The second-order valence-electron chi connectivity index (χ2n) is 3.62. The van der Waals surface area contributed by atoms with Crippen LogP contribution in [0.3, 0.4) is 0 Å². The highest BCUT2D eigenvalue weighted by molar-refractivity contribution is 5.18. The van der Waals surface area contributed by atoms with Crippen molar-refractivity contribution in [1.82, 2.24) is 0 Å². The van der Waals surface area contributed by atoms with Gasteiger partial charge in [0.2, 0.25) is 0 Å². The Bertz CT molecular complexity index is 312. The highest BCUT2D eigenvalue weighted by Gasteiger charge is 2.38. The summed E-state index contributed by atoms with van der Waals surface area (Å²) in [4.78, 5) is 0. The summed E-state index contributed by atoms with van der Waals surface area (Å²) in [5.41, 5.74) is 1.13. The zero-order chi connectivity index (χ0) is 10.7. The maximum absolute atomic E-state index is 5.73. The van der Waals surface area contributed by atoms with Gasteiger partial charge in [0.1, 0.15) is 6.10 Å². The van der Waals surface area contributed by atoms with Crippen LogP contribution in [0.15, 0.2) is 30.3 Å². The normalized spacial score (nSPS) is 30.7. The quantitative estimate of drug-likeness (QED) is 0.763. The molecule has 1 heterocycles. The van der Waals surface area contributed by atoms with Gasteiger partial charge >= 0.3 is 0 Å². The van der Waals surface area contributed by atoms with Crippen LogP contribution < -0.4 is 0 Å². The number of ether oxygens (including phenoxy) is 3. The van der Waals surface area contributed by atoms with Crippen LogP contribution in [0.1, 0.15) is 25.5 Å². The summed E-state index contributed by atoms with van der Waals surface area (Å²) in [6.07, 6.45) is -0.0252. The van der Waals surface area contributed by atoms with E-state index in [2.05, 4.69) is 0 Å². The van der Waals surface area contributed by atoms with Crippen molar-refractivity contribution in [2.45, 2.75) is 25.9 Å². The lowest BCUT2D eigenvalue weighted by Gasteiger charge is -2.22. The van der Waals surface area contributed by atoms with E-state index in [0.717, 1.165) is 5.56 Å². The van der Waals surface area contributed by atoms with E-state index in [9.17, 15) is 0 Å². The Morgan fingerprint density at radius 3 is 2.80 bits per heavy atom. The number of hydrogen-bond donors (Lipinski definition) is 0. The van der Waals surface area contributed by atoms with Crippen molar-refractivity contribution in [3.8, 4) is 0 Å². The molecule has 2 rings (SSSR count). The number of rotatable bonds is 3. The van der Waals surface area contributed by atoms with E-state index in [4.69, 9.17) is 14.2 Å². The molecule has 1 saturated heterocycles. The molecule has 0 saturated carbocycles. The Kier molecular flexibility index (Phi) is 3.05. The minimum absolute atomic E-state index is 0.0252. The van der Waals surface area contributed by atoms with Crippen LogP contribution in [0.5, 0.6) is 0 Å². The molecule has 0 aromatic heterocycles. The molecule has 1 aliphatic rings. The fourth-order valence-corrected chi connectivity index (χ4v) is 1.72. The first-order valence-electron chi connectivity index (χ1n) is 5.24. The number of benzene rings is 1. The third-order valence-electron chi connectivity index (χ3n) is 2.43. The molecule has 15 heavy (non-hydrogen) atoms. The lowest BCUT2D eigenvalue weighted by atomic mass is 10.1. The summed E-state index contributed by atoms with van der Waals surface area (Å²) in [5, 5.41) is 0. The van der Waals surface area contributed by atoms with Gasteiger partial charge in [-0.25, -0.2) is 0 Å². The van der Waals surface area contributed by atoms with Crippen molar-refractivity contribution in [3.63, 3.8) is 0 Å². The topological polar surface area (TPSA) is 27.7 Å². The third-order valence-corrected chi connectivity index (χ3v) is 2.43. The van der Waals surface area contributed by atoms with E-state index >= 15 is 0 Å². The summed E-state index contributed by atoms with van der Waals surface area (Å²) in [5.74, 6) is -0.880. The van der Waals surface area contributed by atoms with Crippen LogP contribution in [-0.2, 0) is 14.2 Å². The van der Waals surface area contributed by atoms with E-state index < -0.39 is 5.97 Å². The first-order valence-corrected chi connectivity index (χ1v) is 5.24. The maximum atomic E-state index is 5.73. The summed E-state index contributed by atoms with van der Waals surface area (Å²) < 4.78 is 16.6. The van der Waals surface area contributed by atoms with Crippen LogP contribution in [-0.4, -0.2) is 19.2 Å². The van der Waals surface area contributed by atoms with Gasteiger partial charge in [0.25, 0.3) is 5.97 Å². The van der Waals surface area contributed by atoms with Crippen LogP contribution >= 0.6 is 0 Å². The SMILES string of the molecule is CCOC1(C)OCC(c2ccccc2)O1. The van der Waals surface area contributed by atoms with Gasteiger partial charge in [-0.2, -0.15) is 0 Å². The summed E-state index contributed by atoms with van der Waals surface area (Å²) in [7, 11) is 0. The van der Waals surface area contributed by atoms with Gasteiger partial charge in [-0.05, 0) is 12.5 Å². The molecule has 0 N–H and O–H groups in total. The molecule has 1 aromatic rings. The molecule has 1 aliphatic heterocycles. The van der Waals surface area contributed by atoms with Crippen molar-refractivity contribution in [2.24, 2.45) is 0 Å². The molecule has 3 nitrogen and oxygen atoms in total. The predicted octanol–water partition coefficient (Wildman–Crippen LogP) is 2.48. The average Bonchev–Trinajstić information content (AvgIpc) is 2.63. The van der Waals surface area contributed by atoms with Crippen LogP contribution in [0.2, 0.25) is 0 Å². The van der Waals surface area contributed by atoms with Crippen LogP contribution in [0.25, 0.3) is 0 Å². The molecule has 3 heteroatoms. The van der Waals surface area contributed by atoms with Crippen LogP contribution in [0.4, 0.5) is 0 Å². The van der Waals surface area contributed by atoms with E-state index in [1.54, 1.807) is 6.92 Å². The summed E-state index contributed by atoms with van der Waals surface area (Å²) in [6.45, 7) is 4.85. The largest absolute Gasteiger partial charge is 0.328 e. The van der Waals surface area contributed by atoms with Gasteiger partial charge in [0.05, 0.1) is 6.61 Å². The van der Waals surface area contributed by atoms with Crippen molar-refractivity contribution in [1.29, 1.82) is 0 Å². The minimum atomic E-state index is -0.880. The zero-order valence-electron chi connectivity index (χ0n) is 9.10. The smallest absolute Gasteiger partial charge is 0.280 e. The monoisotopic (exact) mass is 208 g/mol. The fraction of sp³-hybridized carbons (Fsp3) is 0.500. The van der Waals surface area contributed by atoms with E-state index in [1.807, 2.05) is 37.3 Å². The molecule has 0 amide bonds. The minimum Gasteiger partial charge on any atom is -0.328 e. The van der Waals surface area contributed by atoms with Crippen molar-refractivity contribution in [2.75, 3.05) is 13.2 Å². The Labute approximate surface area is 90.0 Å². The molecule has 2 atom stereocenters. The van der Waals surface area contributed by atoms with E-state index in [1.165, 1.54) is 0 Å². The van der Waals surface area contributed by atoms with Gasteiger partial charge < -0.3 is 14.2 Å². The standard InChI is InChI=1S/C12H16O3/c1-3-13-12(2)14-9-11(15-12)10-7-5-4-6-8-10/h4-8,11H,3,9H2,1-2H3. The summed E-state index contributed by atoms with van der Waals surface area (Å²) >= 11 is 0. The van der Waals surface area contributed by atoms with Gasteiger partial charge in [-0.1, -0.05) is 30.3 Å². The highest BCUT2D eigenvalue weighted by atomic mass is 16.9. The fourth-order valence-electron chi connectivity index (χ4n) is 1.72. The predicted molar refractivity (Wildman–Crippen MR) is 56.3 cm³/mol. The second-order valence-corrected chi connectivity index (χ2v) is 3.62. The lowest BCUT2D eigenvalue weighted by Crippen LogP contribution is -2.29. The van der Waals surface area contributed by atoms with Crippen molar-refractivity contribution >= 4 is 0 Å². The molecule has 82 valence electrons. The van der Waals surface area contributed by atoms with Gasteiger partial charge in [0.15, 0.2) is 0 Å². The Hall–Kier alpha value is -0.900. The number of hydrogen-bond acceptors (Lipinski definition) is 3. The molecule has 2 unspecified atom stereocenters. The van der Waals surface area contributed by atoms with E-state index in [0.29, 0.717) is 13.2 Å². The second kappa shape index (κ2) is 4.31. The van der Waals surface area contributed by atoms with Crippen LogP contribution in [0, 0.1) is 0 Å². The average molecular weight is 208 g/mol. The molecule has 1 fully saturated rings. The maximum Gasteiger partial charge on any atom is 0.280 e. The molecule has 0 spiro atoms. The van der Waals surface area contributed by atoms with Gasteiger partial charge in [-0.3, -0.25) is 0 Å². The van der Waals surface area contributed by atoms with Gasteiger partial charge in [-0.15, -0.1) is 0 Å². The molecule has 1 aromatic carbocycles. The van der Waals surface area contributed by atoms with Crippen molar-refractivity contribution < 1.29 is 14.2 Å². The van der Waals surface area contributed by atoms with Gasteiger partial charge in [0, 0.05) is 13.5 Å². The highest BCUT2D eigenvalue weighted by Crippen LogP contribution is 2.33. The van der Waals surface area contributed by atoms with Crippen molar-refractivity contribution in [3.05, 3.63) is 35.9 Å². The molecular formula is C12H16O3. The summed E-state index contributed by atoms with van der Waals surface area (Å²) in [6, 6.07) is 10.0. The first kappa shape index (κ1) is 10.6. The molecule has 0 radical (unpaired) electrons. The van der Waals surface area contributed by atoms with E-state index in [-0.39, 0.29) is 6.10 Å². The molecule has 0 aliphatic carbocycles. The first-order chi connectivity index (χ1) is 7.23. The zero-order valence-corrected chi connectivity index (χ0v) is 9.10.